The van der Waals surface area contributed by atoms with E-state index in [0.717, 1.165) is 11.3 Å². The largest absolute Gasteiger partial charge is 0.485 e. The van der Waals surface area contributed by atoms with Crippen LogP contribution in [0.15, 0.2) is 24.3 Å². The lowest BCUT2D eigenvalue weighted by Gasteiger charge is -2.37. The summed E-state index contributed by atoms with van der Waals surface area (Å²) in [6, 6.07) is 7.62. The summed E-state index contributed by atoms with van der Waals surface area (Å²) in [4.78, 5) is 0. The number of rotatable bonds is 3. The Morgan fingerprint density at radius 1 is 1.50 bits per heavy atom. The lowest BCUT2D eigenvalue weighted by Crippen LogP contribution is -2.42. The summed E-state index contributed by atoms with van der Waals surface area (Å²) >= 11 is 0. The van der Waals surface area contributed by atoms with Gasteiger partial charge in [-0.25, -0.2) is 0 Å². The molecule has 1 aliphatic heterocycles. The van der Waals surface area contributed by atoms with E-state index in [4.69, 9.17) is 9.47 Å². The molecule has 0 aliphatic carbocycles. The van der Waals surface area contributed by atoms with Gasteiger partial charge in [0.2, 0.25) is 0 Å². The van der Waals surface area contributed by atoms with Crippen LogP contribution in [-0.4, -0.2) is 23.9 Å². The molecule has 1 aromatic carbocycles. The summed E-state index contributed by atoms with van der Waals surface area (Å²) in [5.74, 6) is 0.767. The summed E-state index contributed by atoms with van der Waals surface area (Å²) in [5.41, 5.74) is 0.445. The first-order chi connectivity index (χ1) is 7.64. The third kappa shape index (κ3) is 2.20. The zero-order chi connectivity index (χ0) is 11.6. The molecule has 2 rings (SSSR count). The SMILES string of the molecule is CCOCC1(C)C[C@@H](O)c2ccccc2O1. The summed E-state index contributed by atoms with van der Waals surface area (Å²) in [6.07, 6.45) is 0.111. The summed E-state index contributed by atoms with van der Waals surface area (Å²) in [6.45, 7) is 5.10. The lowest BCUT2D eigenvalue weighted by atomic mass is 9.91. The molecule has 0 saturated carbocycles. The van der Waals surface area contributed by atoms with Crippen LogP contribution in [0.25, 0.3) is 0 Å². The molecule has 1 unspecified atom stereocenters. The number of aliphatic hydroxyl groups is 1. The zero-order valence-corrected chi connectivity index (χ0v) is 9.77. The molecular weight excluding hydrogens is 204 g/mol. The molecule has 16 heavy (non-hydrogen) atoms. The minimum absolute atomic E-state index is 0.427. The van der Waals surface area contributed by atoms with E-state index < -0.39 is 11.7 Å². The Kier molecular flexibility index (Phi) is 3.17. The summed E-state index contributed by atoms with van der Waals surface area (Å²) in [7, 11) is 0. The molecule has 0 radical (unpaired) electrons. The number of benzene rings is 1. The van der Waals surface area contributed by atoms with Crippen molar-refractivity contribution in [3.8, 4) is 5.75 Å². The van der Waals surface area contributed by atoms with E-state index >= 15 is 0 Å². The second-order valence-corrected chi connectivity index (χ2v) is 4.45. The van der Waals surface area contributed by atoms with Crippen LogP contribution < -0.4 is 4.74 Å². The molecule has 0 aromatic heterocycles. The third-order valence-electron chi connectivity index (χ3n) is 2.87. The van der Waals surface area contributed by atoms with Crippen molar-refractivity contribution >= 4 is 0 Å². The Bertz CT molecular complexity index is 364. The first-order valence-corrected chi connectivity index (χ1v) is 5.68. The molecule has 0 saturated heterocycles. The fraction of sp³-hybridized carbons (Fsp3) is 0.538. The van der Waals surface area contributed by atoms with Crippen molar-refractivity contribution < 1.29 is 14.6 Å². The molecule has 2 atom stereocenters. The van der Waals surface area contributed by atoms with Crippen LogP contribution in [0.3, 0.4) is 0 Å². The highest BCUT2D eigenvalue weighted by atomic mass is 16.5. The Morgan fingerprint density at radius 2 is 2.25 bits per heavy atom. The lowest BCUT2D eigenvalue weighted by molar-refractivity contribution is -0.0574. The molecule has 0 amide bonds. The van der Waals surface area contributed by atoms with Crippen molar-refractivity contribution in [1.82, 2.24) is 0 Å². The van der Waals surface area contributed by atoms with Gasteiger partial charge in [0, 0.05) is 18.6 Å². The highest BCUT2D eigenvalue weighted by Crippen LogP contribution is 2.39. The highest BCUT2D eigenvalue weighted by Gasteiger charge is 2.36. The number of para-hydroxylation sites is 1. The topological polar surface area (TPSA) is 38.7 Å². The highest BCUT2D eigenvalue weighted by molar-refractivity contribution is 5.37. The van der Waals surface area contributed by atoms with Gasteiger partial charge in [-0.15, -0.1) is 0 Å². The van der Waals surface area contributed by atoms with Gasteiger partial charge < -0.3 is 14.6 Å². The maximum Gasteiger partial charge on any atom is 0.132 e. The van der Waals surface area contributed by atoms with E-state index in [1.54, 1.807) is 0 Å². The van der Waals surface area contributed by atoms with E-state index in [2.05, 4.69) is 0 Å². The van der Waals surface area contributed by atoms with Gasteiger partial charge in [-0.3, -0.25) is 0 Å². The molecule has 1 aliphatic rings. The van der Waals surface area contributed by atoms with Crippen molar-refractivity contribution in [2.45, 2.75) is 32.0 Å². The number of hydrogen-bond acceptors (Lipinski definition) is 3. The minimum atomic E-state index is -0.463. The second kappa shape index (κ2) is 4.44. The van der Waals surface area contributed by atoms with E-state index in [-0.39, 0.29) is 0 Å². The van der Waals surface area contributed by atoms with Crippen molar-refractivity contribution in [3.63, 3.8) is 0 Å². The average Bonchev–Trinajstić information content (AvgIpc) is 2.26. The Balaban J connectivity index is 2.20. The van der Waals surface area contributed by atoms with Gasteiger partial charge in [-0.2, -0.15) is 0 Å². The standard InChI is InChI=1S/C13H18O3/c1-3-15-9-13(2)8-11(14)10-6-4-5-7-12(10)16-13/h4-7,11,14H,3,8-9H2,1-2H3/t11-,13?/m1/s1. The Labute approximate surface area is 96.0 Å². The molecule has 3 heteroatoms. The Morgan fingerprint density at radius 3 is 3.00 bits per heavy atom. The number of ether oxygens (including phenoxy) is 2. The predicted octanol–water partition coefficient (Wildman–Crippen LogP) is 2.30. The third-order valence-corrected chi connectivity index (χ3v) is 2.87. The normalized spacial score (nSPS) is 28.3. The summed E-state index contributed by atoms with van der Waals surface area (Å²) in [5, 5.41) is 10.1. The first kappa shape index (κ1) is 11.4. The number of aliphatic hydroxyl groups excluding tert-OH is 1. The fourth-order valence-electron chi connectivity index (χ4n) is 2.08. The van der Waals surface area contributed by atoms with E-state index in [0.29, 0.717) is 19.6 Å². The van der Waals surface area contributed by atoms with E-state index in [9.17, 15) is 5.11 Å². The maximum atomic E-state index is 10.1. The molecule has 1 N–H and O–H groups in total. The maximum absolute atomic E-state index is 10.1. The van der Waals surface area contributed by atoms with E-state index in [1.165, 1.54) is 0 Å². The predicted molar refractivity (Wildman–Crippen MR) is 61.5 cm³/mol. The fourth-order valence-corrected chi connectivity index (χ4v) is 2.08. The van der Waals surface area contributed by atoms with Gasteiger partial charge >= 0.3 is 0 Å². The monoisotopic (exact) mass is 222 g/mol. The van der Waals surface area contributed by atoms with Crippen LogP contribution in [0.1, 0.15) is 31.9 Å². The Hall–Kier alpha value is -1.06. The van der Waals surface area contributed by atoms with Crippen LogP contribution >= 0.6 is 0 Å². The van der Waals surface area contributed by atoms with Crippen molar-refractivity contribution in [3.05, 3.63) is 29.8 Å². The molecule has 1 heterocycles. The quantitative estimate of drug-likeness (QED) is 0.852. The van der Waals surface area contributed by atoms with Gasteiger partial charge in [0.05, 0.1) is 12.7 Å². The molecule has 0 spiro atoms. The van der Waals surface area contributed by atoms with Crippen LogP contribution in [0.2, 0.25) is 0 Å². The summed E-state index contributed by atoms with van der Waals surface area (Å²) < 4.78 is 11.3. The van der Waals surface area contributed by atoms with Crippen LogP contribution in [-0.2, 0) is 4.74 Å². The number of hydrogen-bond donors (Lipinski definition) is 1. The second-order valence-electron chi connectivity index (χ2n) is 4.45. The van der Waals surface area contributed by atoms with Gasteiger partial charge in [0.1, 0.15) is 11.4 Å². The van der Waals surface area contributed by atoms with Crippen LogP contribution in [0, 0.1) is 0 Å². The van der Waals surface area contributed by atoms with Crippen molar-refractivity contribution in [2.24, 2.45) is 0 Å². The van der Waals surface area contributed by atoms with Gasteiger partial charge in [-0.05, 0) is 19.9 Å². The van der Waals surface area contributed by atoms with Gasteiger partial charge in [0.25, 0.3) is 0 Å². The minimum Gasteiger partial charge on any atom is -0.485 e. The van der Waals surface area contributed by atoms with Crippen LogP contribution in [0.4, 0.5) is 0 Å². The van der Waals surface area contributed by atoms with Gasteiger partial charge in [0.15, 0.2) is 0 Å². The number of fused-ring (bicyclic) bond motifs is 1. The molecule has 3 nitrogen and oxygen atoms in total. The molecule has 0 bridgehead atoms. The molecule has 0 fully saturated rings. The van der Waals surface area contributed by atoms with Crippen molar-refractivity contribution in [1.29, 1.82) is 0 Å². The average molecular weight is 222 g/mol. The molecule has 88 valence electrons. The molecular formula is C13H18O3. The zero-order valence-electron chi connectivity index (χ0n) is 9.77. The van der Waals surface area contributed by atoms with E-state index in [1.807, 2.05) is 38.1 Å². The molecule has 1 aromatic rings. The van der Waals surface area contributed by atoms with Gasteiger partial charge in [-0.1, -0.05) is 18.2 Å². The van der Waals surface area contributed by atoms with Crippen molar-refractivity contribution in [2.75, 3.05) is 13.2 Å². The smallest absolute Gasteiger partial charge is 0.132 e. The first-order valence-electron chi connectivity index (χ1n) is 5.68. The van der Waals surface area contributed by atoms with Crippen LogP contribution in [0.5, 0.6) is 5.75 Å².